The standard InChI is InChI=1S/C19H22FN/c1-12-8-15(11-21-17-5-6-17)4-7-18(12)19-13(2)9-16(20)10-14(19)3/h4,7-10,17,21H,5-6,11H2,1-3H3. The summed E-state index contributed by atoms with van der Waals surface area (Å²) in [5.41, 5.74) is 6.94. The second-order valence-electron chi connectivity index (χ2n) is 6.22. The third-order valence-electron chi connectivity index (χ3n) is 4.23. The normalized spacial score (nSPS) is 14.5. The summed E-state index contributed by atoms with van der Waals surface area (Å²) in [6.07, 6.45) is 2.62. The van der Waals surface area contributed by atoms with Crippen LogP contribution in [0.5, 0.6) is 0 Å². The minimum Gasteiger partial charge on any atom is -0.310 e. The molecule has 0 heterocycles. The quantitative estimate of drug-likeness (QED) is 0.859. The Labute approximate surface area is 126 Å². The zero-order chi connectivity index (χ0) is 15.0. The Balaban J connectivity index is 1.91. The van der Waals surface area contributed by atoms with Crippen LogP contribution in [0.3, 0.4) is 0 Å². The van der Waals surface area contributed by atoms with Crippen molar-refractivity contribution in [3.8, 4) is 11.1 Å². The van der Waals surface area contributed by atoms with Gasteiger partial charge in [-0.2, -0.15) is 0 Å². The number of aryl methyl sites for hydroxylation is 3. The van der Waals surface area contributed by atoms with Crippen molar-refractivity contribution in [3.05, 3.63) is 58.4 Å². The molecule has 0 saturated heterocycles. The van der Waals surface area contributed by atoms with E-state index in [1.54, 1.807) is 12.1 Å². The summed E-state index contributed by atoms with van der Waals surface area (Å²) in [4.78, 5) is 0. The third kappa shape index (κ3) is 3.16. The van der Waals surface area contributed by atoms with E-state index in [1.165, 1.54) is 29.5 Å². The predicted octanol–water partition coefficient (Wildman–Crippen LogP) is 4.67. The van der Waals surface area contributed by atoms with Gasteiger partial charge in [0, 0.05) is 12.6 Å². The van der Waals surface area contributed by atoms with Gasteiger partial charge in [0.2, 0.25) is 0 Å². The maximum absolute atomic E-state index is 13.5. The van der Waals surface area contributed by atoms with Crippen LogP contribution in [0.25, 0.3) is 11.1 Å². The monoisotopic (exact) mass is 283 g/mol. The van der Waals surface area contributed by atoms with Crippen molar-refractivity contribution in [1.29, 1.82) is 0 Å². The topological polar surface area (TPSA) is 12.0 Å². The molecule has 0 unspecified atom stereocenters. The van der Waals surface area contributed by atoms with E-state index >= 15 is 0 Å². The maximum Gasteiger partial charge on any atom is 0.123 e. The number of hydrogen-bond donors (Lipinski definition) is 1. The van der Waals surface area contributed by atoms with Crippen molar-refractivity contribution in [3.63, 3.8) is 0 Å². The van der Waals surface area contributed by atoms with Crippen LogP contribution in [0.4, 0.5) is 4.39 Å². The van der Waals surface area contributed by atoms with Gasteiger partial charge in [0.1, 0.15) is 5.82 Å². The molecule has 1 nitrogen and oxygen atoms in total. The molecule has 0 spiro atoms. The second kappa shape index (κ2) is 5.61. The summed E-state index contributed by atoms with van der Waals surface area (Å²) < 4.78 is 13.5. The zero-order valence-electron chi connectivity index (χ0n) is 13.0. The lowest BCUT2D eigenvalue weighted by Gasteiger charge is -2.14. The van der Waals surface area contributed by atoms with E-state index in [-0.39, 0.29) is 5.82 Å². The van der Waals surface area contributed by atoms with Crippen molar-refractivity contribution in [2.24, 2.45) is 0 Å². The summed E-state index contributed by atoms with van der Waals surface area (Å²) >= 11 is 0. The predicted molar refractivity (Wildman–Crippen MR) is 85.9 cm³/mol. The Morgan fingerprint density at radius 1 is 1.00 bits per heavy atom. The van der Waals surface area contributed by atoms with Gasteiger partial charge in [0.25, 0.3) is 0 Å². The first-order valence-electron chi connectivity index (χ1n) is 7.64. The molecule has 1 N–H and O–H groups in total. The minimum absolute atomic E-state index is 0.156. The van der Waals surface area contributed by atoms with Crippen LogP contribution in [-0.2, 0) is 6.54 Å². The van der Waals surface area contributed by atoms with E-state index in [1.807, 2.05) is 13.8 Å². The zero-order valence-corrected chi connectivity index (χ0v) is 13.0. The SMILES string of the molecule is Cc1cc(CNC2CC2)ccc1-c1c(C)cc(F)cc1C. The molecule has 0 amide bonds. The lowest BCUT2D eigenvalue weighted by molar-refractivity contribution is 0.625. The first-order chi connectivity index (χ1) is 10.0. The Kier molecular flexibility index (Phi) is 3.81. The van der Waals surface area contributed by atoms with Crippen molar-refractivity contribution in [2.75, 3.05) is 0 Å². The summed E-state index contributed by atoms with van der Waals surface area (Å²) in [5, 5.41) is 3.54. The van der Waals surface area contributed by atoms with E-state index in [9.17, 15) is 4.39 Å². The molecule has 2 heteroatoms. The lowest BCUT2D eigenvalue weighted by atomic mass is 9.91. The summed E-state index contributed by atoms with van der Waals surface area (Å²) in [6, 6.07) is 10.6. The molecule has 1 saturated carbocycles. The lowest BCUT2D eigenvalue weighted by Crippen LogP contribution is -2.15. The van der Waals surface area contributed by atoms with Gasteiger partial charge in [0.05, 0.1) is 0 Å². The van der Waals surface area contributed by atoms with Crippen LogP contribution in [0.15, 0.2) is 30.3 Å². The van der Waals surface area contributed by atoms with Crippen LogP contribution < -0.4 is 5.32 Å². The average Bonchev–Trinajstić information content (AvgIpc) is 3.21. The van der Waals surface area contributed by atoms with E-state index in [0.717, 1.165) is 29.3 Å². The molecule has 1 fully saturated rings. The summed E-state index contributed by atoms with van der Waals surface area (Å²) in [6.45, 7) is 7.03. The van der Waals surface area contributed by atoms with Crippen LogP contribution in [0.1, 0.15) is 35.1 Å². The molecule has 21 heavy (non-hydrogen) atoms. The summed E-state index contributed by atoms with van der Waals surface area (Å²) in [5.74, 6) is -0.156. The molecule has 2 aromatic rings. The smallest absolute Gasteiger partial charge is 0.123 e. The van der Waals surface area contributed by atoms with E-state index in [0.29, 0.717) is 0 Å². The highest BCUT2D eigenvalue weighted by atomic mass is 19.1. The molecular weight excluding hydrogens is 261 g/mol. The van der Waals surface area contributed by atoms with E-state index < -0.39 is 0 Å². The van der Waals surface area contributed by atoms with Gasteiger partial charge in [-0.3, -0.25) is 0 Å². The van der Waals surface area contributed by atoms with Crippen LogP contribution in [-0.4, -0.2) is 6.04 Å². The van der Waals surface area contributed by atoms with Crippen LogP contribution >= 0.6 is 0 Å². The van der Waals surface area contributed by atoms with Crippen molar-refractivity contribution in [2.45, 2.75) is 46.2 Å². The van der Waals surface area contributed by atoms with Crippen LogP contribution in [0.2, 0.25) is 0 Å². The van der Waals surface area contributed by atoms with E-state index in [2.05, 4.69) is 30.4 Å². The number of benzene rings is 2. The van der Waals surface area contributed by atoms with E-state index in [4.69, 9.17) is 0 Å². The van der Waals surface area contributed by atoms with Gasteiger partial charge in [-0.05, 0) is 79.1 Å². The van der Waals surface area contributed by atoms with Gasteiger partial charge in [-0.1, -0.05) is 18.2 Å². The molecular formula is C19H22FN. The molecule has 1 aliphatic rings. The number of nitrogens with one attached hydrogen (secondary N) is 1. The van der Waals surface area contributed by atoms with Gasteiger partial charge in [0.15, 0.2) is 0 Å². The van der Waals surface area contributed by atoms with Gasteiger partial charge >= 0.3 is 0 Å². The molecule has 110 valence electrons. The van der Waals surface area contributed by atoms with Crippen molar-refractivity contribution in [1.82, 2.24) is 5.32 Å². The van der Waals surface area contributed by atoms with Crippen LogP contribution in [0, 0.1) is 26.6 Å². The number of hydrogen-bond acceptors (Lipinski definition) is 1. The summed E-state index contributed by atoms with van der Waals surface area (Å²) in [7, 11) is 0. The molecule has 2 aromatic carbocycles. The molecule has 0 radical (unpaired) electrons. The van der Waals surface area contributed by atoms with Crippen molar-refractivity contribution >= 4 is 0 Å². The molecule has 3 rings (SSSR count). The highest BCUT2D eigenvalue weighted by Crippen LogP contribution is 2.31. The van der Waals surface area contributed by atoms with Gasteiger partial charge < -0.3 is 5.32 Å². The fourth-order valence-corrected chi connectivity index (χ4v) is 3.00. The molecule has 0 aliphatic heterocycles. The highest BCUT2D eigenvalue weighted by Gasteiger charge is 2.20. The van der Waals surface area contributed by atoms with Crippen molar-refractivity contribution < 1.29 is 4.39 Å². The first kappa shape index (κ1) is 14.3. The second-order valence-corrected chi connectivity index (χ2v) is 6.22. The average molecular weight is 283 g/mol. The Morgan fingerprint density at radius 2 is 1.67 bits per heavy atom. The first-order valence-corrected chi connectivity index (χ1v) is 7.64. The number of halogens is 1. The van der Waals surface area contributed by atoms with Gasteiger partial charge in [-0.15, -0.1) is 0 Å². The minimum atomic E-state index is -0.156. The molecule has 1 aliphatic carbocycles. The van der Waals surface area contributed by atoms with Gasteiger partial charge in [-0.25, -0.2) is 4.39 Å². The molecule has 0 atom stereocenters. The fourth-order valence-electron chi connectivity index (χ4n) is 3.00. The maximum atomic E-state index is 13.5. The Bertz CT molecular complexity index is 648. The highest BCUT2D eigenvalue weighted by molar-refractivity contribution is 5.73. The fraction of sp³-hybridized carbons (Fsp3) is 0.368. The molecule has 0 aromatic heterocycles. The third-order valence-corrected chi connectivity index (χ3v) is 4.23. The Hall–Kier alpha value is -1.67. The largest absolute Gasteiger partial charge is 0.310 e. The number of rotatable bonds is 4. The molecule has 0 bridgehead atoms. The Morgan fingerprint density at radius 3 is 2.24 bits per heavy atom.